The minimum atomic E-state index is -5.21. The zero-order valence-corrected chi connectivity index (χ0v) is 13.3. The van der Waals surface area contributed by atoms with Crippen LogP contribution in [-0.4, -0.2) is 62.2 Å². The van der Waals surface area contributed by atoms with Gasteiger partial charge in [-0.2, -0.15) is 8.42 Å². The molecule has 0 fully saturated rings. The molecule has 0 radical (unpaired) electrons. The minimum absolute atomic E-state index is 0.0398. The van der Waals surface area contributed by atoms with Crippen LogP contribution in [0.3, 0.4) is 0 Å². The maximum atomic E-state index is 12.5. The smallest absolute Gasteiger partial charge is 0.357 e. The van der Waals surface area contributed by atoms with Gasteiger partial charge in [-0.3, -0.25) is 14.6 Å². The van der Waals surface area contributed by atoms with E-state index in [1.54, 1.807) is 21.0 Å². The van der Waals surface area contributed by atoms with E-state index in [0.717, 1.165) is 23.4 Å². The van der Waals surface area contributed by atoms with E-state index in [1.165, 1.54) is 11.9 Å². The van der Waals surface area contributed by atoms with Crippen LogP contribution in [0.25, 0.3) is 0 Å². The number of aromatic nitrogens is 1. The molecule has 0 aliphatic rings. The third-order valence-corrected chi connectivity index (χ3v) is 3.25. The van der Waals surface area contributed by atoms with Crippen LogP contribution in [0, 0.1) is 0 Å². The Labute approximate surface area is 127 Å². The molecule has 22 heavy (non-hydrogen) atoms. The van der Waals surface area contributed by atoms with Crippen LogP contribution in [0.5, 0.6) is 5.75 Å². The molecule has 0 unspecified atom stereocenters. The molecule has 10 heteroatoms. The summed E-state index contributed by atoms with van der Waals surface area (Å²) < 4.78 is 37.3. The lowest BCUT2D eigenvalue weighted by Crippen LogP contribution is -2.45. The first-order chi connectivity index (χ1) is 10.0. The fourth-order valence-electron chi connectivity index (χ4n) is 1.62. The van der Waals surface area contributed by atoms with E-state index in [4.69, 9.17) is 0 Å². The summed E-state index contributed by atoms with van der Waals surface area (Å²) in [6, 6.07) is 0.285. The maximum absolute atomic E-state index is 12.5. The summed E-state index contributed by atoms with van der Waals surface area (Å²) in [5, 5.41) is 0. The van der Waals surface area contributed by atoms with Gasteiger partial charge in [-0.05, 0) is 13.0 Å². The highest BCUT2D eigenvalue weighted by atomic mass is 32.3. The van der Waals surface area contributed by atoms with E-state index < -0.39 is 28.2 Å². The van der Waals surface area contributed by atoms with Crippen molar-refractivity contribution in [2.24, 2.45) is 0 Å². The van der Waals surface area contributed by atoms with E-state index >= 15 is 0 Å². The molecule has 0 saturated heterocycles. The van der Waals surface area contributed by atoms with Crippen LogP contribution < -0.4 is 4.18 Å². The Hall–Kier alpha value is -2.23. The molecule has 0 bridgehead atoms. The van der Waals surface area contributed by atoms with Crippen LogP contribution in [0.15, 0.2) is 18.5 Å². The van der Waals surface area contributed by atoms with Crippen LogP contribution >= 0.6 is 0 Å². The molecular formula is C12H16FN3O5S. The Bertz CT molecular complexity index is 677. The summed E-state index contributed by atoms with van der Waals surface area (Å²) in [5.74, 6) is -1.31. The fraction of sp³-hybridized carbons (Fsp3) is 0.417. The molecule has 0 N–H and O–H groups in total. The zero-order chi connectivity index (χ0) is 17.1. The van der Waals surface area contributed by atoms with Gasteiger partial charge >= 0.3 is 10.5 Å². The number of halogens is 1. The number of likely N-dealkylation sites (N-methyl/N-ethyl adjacent to an activating group) is 2. The molecule has 122 valence electrons. The van der Waals surface area contributed by atoms with E-state index in [9.17, 15) is 21.9 Å². The Kier molecular flexibility index (Phi) is 5.42. The normalized spacial score (nSPS) is 12.4. The van der Waals surface area contributed by atoms with Gasteiger partial charge in [-0.1, -0.05) is 3.89 Å². The molecule has 0 aromatic carbocycles. The number of hydrogen-bond donors (Lipinski definition) is 0. The van der Waals surface area contributed by atoms with Crippen molar-refractivity contribution in [2.75, 3.05) is 21.1 Å². The minimum Gasteiger partial charge on any atom is -0.357 e. The summed E-state index contributed by atoms with van der Waals surface area (Å²) in [5.41, 5.74) is -0.0398. The van der Waals surface area contributed by atoms with Crippen molar-refractivity contribution >= 4 is 22.3 Å². The van der Waals surface area contributed by atoms with E-state index in [2.05, 4.69) is 9.17 Å². The Morgan fingerprint density at radius 1 is 1.27 bits per heavy atom. The number of pyridine rings is 1. The summed E-state index contributed by atoms with van der Waals surface area (Å²) in [4.78, 5) is 30.2. The Balaban J connectivity index is 2.98. The second-order valence-corrected chi connectivity index (χ2v) is 5.66. The van der Waals surface area contributed by atoms with Crippen molar-refractivity contribution in [1.82, 2.24) is 14.8 Å². The van der Waals surface area contributed by atoms with Crippen molar-refractivity contribution in [1.29, 1.82) is 0 Å². The van der Waals surface area contributed by atoms with Crippen LogP contribution in [-0.2, 0) is 15.3 Å². The summed E-state index contributed by atoms with van der Waals surface area (Å²) in [6.07, 6.45) is 2.10. The van der Waals surface area contributed by atoms with Gasteiger partial charge in [0, 0.05) is 27.3 Å². The molecule has 0 aliphatic heterocycles. The lowest BCUT2D eigenvalue weighted by Gasteiger charge is -2.26. The summed E-state index contributed by atoms with van der Waals surface area (Å²) in [7, 11) is -0.686. The standard InChI is InChI=1S/C12H16FN3O5S/c1-8(11(17)15(2)3)16(4)12(18)9-5-10(7-14-6-9)21-22(13,19)20/h5-8H,1-4H3/t8-/m0/s1. The lowest BCUT2D eigenvalue weighted by molar-refractivity contribution is -0.132. The Morgan fingerprint density at radius 2 is 1.86 bits per heavy atom. The molecule has 0 aliphatic carbocycles. The monoisotopic (exact) mass is 333 g/mol. The highest BCUT2D eigenvalue weighted by molar-refractivity contribution is 7.81. The van der Waals surface area contributed by atoms with Gasteiger partial charge in [-0.15, -0.1) is 0 Å². The van der Waals surface area contributed by atoms with Crippen molar-refractivity contribution < 1.29 is 26.1 Å². The number of hydrogen-bond acceptors (Lipinski definition) is 6. The highest BCUT2D eigenvalue weighted by Gasteiger charge is 2.25. The molecule has 1 rings (SSSR count). The van der Waals surface area contributed by atoms with Crippen molar-refractivity contribution in [3.8, 4) is 5.75 Å². The van der Waals surface area contributed by atoms with E-state index in [1.807, 2.05) is 0 Å². The van der Waals surface area contributed by atoms with Gasteiger partial charge in [-0.25, -0.2) is 0 Å². The third-order valence-electron chi connectivity index (χ3n) is 2.86. The molecule has 0 saturated carbocycles. The van der Waals surface area contributed by atoms with Gasteiger partial charge in [0.25, 0.3) is 5.91 Å². The van der Waals surface area contributed by atoms with Gasteiger partial charge in [0.05, 0.1) is 11.8 Å². The van der Waals surface area contributed by atoms with E-state index in [-0.39, 0.29) is 11.5 Å². The van der Waals surface area contributed by atoms with Crippen LogP contribution in [0.4, 0.5) is 3.89 Å². The number of amides is 2. The molecule has 1 atom stereocenters. The molecule has 1 aromatic heterocycles. The second-order valence-electron chi connectivity index (χ2n) is 4.71. The summed E-state index contributed by atoms with van der Waals surface area (Å²) >= 11 is 0. The quantitative estimate of drug-likeness (QED) is 0.715. The molecule has 8 nitrogen and oxygen atoms in total. The first-order valence-electron chi connectivity index (χ1n) is 6.10. The molecule has 0 spiro atoms. The van der Waals surface area contributed by atoms with Gasteiger partial charge in [0.1, 0.15) is 6.04 Å². The van der Waals surface area contributed by atoms with Crippen LogP contribution in [0.2, 0.25) is 0 Å². The summed E-state index contributed by atoms with van der Waals surface area (Å²) in [6.45, 7) is 1.54. The largest absolute Gasteiger partial charge is 0.488 e. The van der Waals surface area contributed by atoms with Crippen molar-refractivity contribution in [3.63, 3.8) is 0 Å². The van der Waals surface area contributed by atoms with E-state index in [0.29, 0.717) is 0 Å². The van der Waals surface area contributed by atoms with Gasteiger partial charge in [0.2, 0.25) is 5.91 Å². The fourth-order valence-corrected chi connectivity index (χ4v) is 1.94. The van der Waals surface area contributed by atoms with Crippen molar-refractivity contribution in [2.45, 2.75) is 13.0 Å². The van der Waals surface area contributed by atoms with Crippen LogP contribution in [0.1, 0.15) is 17.3 Å². The first-order valence-corrected chi connectivity index (χ1v) is 7.41. The molecule has 1 heterocycles. The number of nitrogens with zero attached hydrogens (tertiary/aromatic N) is 3. The number of carbonyl (C=O) groups excluding carboxylic acids is 2. The number of rotatable bonds is 5. The van der Waals surface area contributed by atoms with Gasteiger partial charge < -0.3 is 14.0 Å². The SMILES string of the molecule is C[C@@H](C(=O)N(C)C)N(C)C(=O)c1cncc(OS(=O)(=O)F)c1. The average Bonchev–Trinajstić information content (AvgIpc) is 2.42. The zero-order valence-electron chi connectivity index (χ0n) is 12.5. The van der Waals surface area contributed by atoms with Gasteiger partial charge in [0.15, 0.2) is 5.75 Å². The molecular weight excluding hydrogens is 317 g/mol. The number of carbonyl (C=O) groups is 2. The average molecular weight is 333 g/mol. The Morgan fingerprint density at radius 3 is 2.36 bits per heavy atom. The highest BCUT2D eigenvalue weighted by Crippen LogP contribution is 2.16. The van der Waals surface area contributed by atoms with Crippen molar-refractivity contribution in [3.05, 3.63) is 24.0 Å². The first kappa shape index (κ1) is 17.8. The molecule has 1 aromatic rings. The predicted octanol–water partition coefficient (Wildman–Crippen LogP) is 0.223. The topological polar surface area (TPSA) is 96.9 Å². The predicted molar refractivity (Wildman–Crippen MR) is 75.1 cm³/mol. The third kappa shape index (κ3) is 4.65. The molecule has 2 amide bonds. The second kappa shape index (κ2) is 6.69. The lowest BCUT2D eigenvalue weighted by atomic mass is 10.2. The maximum Gasteiger partial charge on any atom is 0.488 e.